The molecule has 11 heavy (non-hydrogen) atoms. The van der Waals surface area contributed by atoms with Crippen LogP contribution in [0.5, 0.6) is 0 Å². The highest BCUT2D eigenvalue weighted by Crippen LogP contribution is 2.32. The molecule has 0 amide bonds. The number of hydrogen-bond acceptors (Lipinski definition) is 2. The van der Waals surface area contributed by atoms with Crippen LogP contribution in [0, 0.1) is 0 Å². The Kier molecular flexibility index (Phi) is 3.09. The van der Waals surface area contributed by atoms with Gasteiger partial charge in [-0.2, -0.15) is 0 Å². The predicted molar refractivity (Wildman–Crippen MR) is 51.1 cm³/mol. The summed E-state index contributed by atoms with van der Waals surface area (Å²) in [4.78, 5) is 10.3. The first kappa shape index (κ1) is 9.22. The molecule has 60 valence electrons. The summed E-state index contributed by atoms with van der Waals surface area (Å²) in [6.45, 7) is 0. The minimum absolute atomic E-state index is 0.0602. The van der Waals surface area contributed by atoms with Crippen molar-refractivity contribution in [1.29, 1.82) is 0 Å². The van der Waals surface area contributed by atoms with Gasteiger partial charge < -0.3 is 5.11 Å². The Morgan fingerprint density at radius 3 is 2.64 bits per heavy atom. The second-order valence-electron chi connectivity index (χ2n) is 1.91. The third-order valence-corrected chi connectivity index (χ3v) is 3.98. The topological polar surface area (TPSA) is 37.3 Å². The molecule has 0 aromatic carbocycles. The molecule has 1 aromatic rings. The summed E-state index contributed by atoms with van der Waals surface area (Å²) >= 11 is 8.01. The van der Waals surface area contributed by atoms with Gasteiger partial charge in [-0.25, -0.2) is 0 Å². The fourth-order valence-electron chi connectivity index (χ4n) is 0.645. The van der Waals surface area contributed by atoms with Crippen LogP contribution in [0.25, 0.3) is 0 Å². The number of carboxylic acids is 1. The van der Waals surface area contributed by atoms with E-state index in [-0.39, 0.29) is 6.42 Å². The van der Waals surface area contributed by atoms with Crippen LogP contribution in [0.15, 0.2) is 13.6 Å². The predicted octanol–water partition coefficient (Wildman–Crippen LogP) is 2.90. The van der Waals surface area contributed by atoms with Crippen LogP contribution in [-0.4, -0.2) is 11.1 Å². The molecule has 2 nitrogen and oxygen atoms in total. The van der Waals surface area contributed by atoms with Crippen LogP contribution >= 0.6 is 43.2 Å². The maximum atomic E-state index is 10.3. The normalized spacial score (nSPS) is 10.0. The highest BCUT2D eigenvalue weighted by molar-refractivity contribution is 9.11. The fraction of sp³-hybridized carbons (Fsp3) is 0.167. The lowest BCUT2D eigenvalue weighted by molar-refractivity contribution is -0.136. The highest BCUT2D eigenvalue weighted by Gasteiger charge is 2.10. The van der Waals surface area contributed by atoms with E-state index in [1.807, 2.05) is 5.38 Å². The zero-order valence-electron chi connectivity index (χ0n) is 5.30. The lowest BCUT2D eigenvalue weighted by atomic mass is 10.2. The SMILES string of the molecule is O=C(O)Cc1c(Br)csc1Br. The van der Waals surface area contributed by atoms with Crippen LogP contribution in [-0.2, 0) is 11.2 Å². The van der Waals surface area contributed by atoms with Crippen molar-refractivity contribution in [2.75, 3.05) is 0 Å². The number of halogens is 2. The van der Waals surface area contributed by atoms with Crippen molar-refractivity contribution in [3.05, 3.63) is 19.2 Å². The zero-order valence-corrected chi connectivity index (χ0v) is 9.29. The number of aliphatic carboxylic acids is 1. The Labute approximate surface area is 84.5 Å². The summed E-state index contributed by atoms with van der Waals surface area (Å²) in [5, 5.41) is 10.4. The molecule has 0 aliphatic rings. The molecule has 0 unspecified atom stereocenters. The van der Waals surface area contributed by atoms with Gasteiger partial charge in [0.25, 0.3) is 0 Å². The number of thiophene rings is 1. The lowest BCUT2D eigenvalue weighted by Crippen LogP contribution is -1.99. The molecule has 0 bridgehead atoms. The molecule has 1 rings (SSSR count). The number of rotatable bonds is 2. The molecule has 1 aromatic heterocycles. The molecule has 1 heterocycles. The van der Waals surface area contributed by atoms with E-state index in [2.05, 4.69) is 31.9 Å². The second kappa shape index (κ2) is 3.69. The van der Waals surface area contributed by atoms with Crippen LogP contribution < -0.4 is 0 Å². The van der Waals surface area contributed by atoms with E-state index in [1.165, 1.54) is 11.3 Å². The third-order valence-electron chi connectivity index (χ3n) is 1.12. The molecular weight excluding hydrogens is 296 g/mol. The van der Waals surface area contributed by atoms with Gasteiger partial charge in [-0.05, 0) is 31.9 Å². The molecule has 0 atom stereocenters. The maximum Gasteiger partial charge on any atom is 0.307 e. The van der Waals surface area contributed by atoms with E-state index in [4.69, 9.17) is 5.11 Å². The quantitative estimate of drug-likeness (QED) is 0.912. The van der Waals surface area contributed by atoms with Gasteiger partial charge in [-0.1, -0.05) is 0 Å². The van der Waals surface area contributed by atoms with Gasteiger partial charge in [-0.3, -0.25) is 4.79 Å². The van der Waals surface area contributed by atoms with Gasteiger partial charge in [0, 0.05) is 15.4 Å². The first-order valence-corrected chi connectivity index (χ1v) is 5.21. The second-order valence-corrected chi connectivity index (χ2v) is 4.96. The minimum atomic E-state index is -0.815. The standard InChI is InChI=1S/C6H4Br2O2S/c7-4-2-11-6(8)3(4)1-5(9)10/h2H,1H2,(H,9,10). The minimum Gasteiger partial charge on any atom is -0.481 e. The summed E-state index contributed by atoms with van der Waals surface area (Å²) in [7, 11) is 0. The van der Waals surface area contributed by atoms with Crippen molar-refractivity contribution < 1.29 is 9.90 Å². The van der Waals surface area contributed by atoms with Crippen molar-refractivity contribution in [2.45, 2.75) is 6.42 Å². The molecule has 0 saturated heterocycles. The number of carbonyl (C=O) groups is 1. The van der Waals surface area contributed by atoms with E-state index in [1.54, 1.807) is 0 Å². The van der Waals surface area contributed by atoms with Gasteiger partial charge in [0.1, 0.15) is 0 Å². The summed E-state index contributed by atoms with van der Waals surface area (Å²) in [5.74, 6) is -0.815. The molecule has 5 heteroatoms. The first-order chi connectivity index (χ1) is 5.11. The fourth-order valence-corrected chi connectivity index (χ4v) is 2.97. The zero-order chi connectivity index (χ0) is 8.43. The van der Waals surface area contributed by atoms with Crippen LogP contribution in [0.2, 0.25) is 0 Å². The van der Waals surface area contributed by atoms with Crippen LogP contribution in [0.3, 0.4) is 0 Å². The Hall–Kier alpha value is 0.130. The van der Waals surface area contributed by atoms with E-state index in [0.29, 0.717) is 0 Å². The van der Waals surface area contributed by atoms with Crippen molar-refractivity contribution >= 4 is 49.2 Å². The van der Waals surface area contributed by atoms with Crippen molar-refractivity contribution in [1.82, 2.24) is 0 Å². The Bertz CT molecular complexity index is 263. The molecule has 0 spiro atoms. The Morgan fingerprint density at radius 1 is 1.64 bits per heavy atom. The van der Waals surface area contributed by atoms with Gasteiger partial charge >= 0.3 is 5.97 Å². The summed E-state index contributed by atoms with van der Waals surface area (Å²) < 4.78 is 1.74. The van der Waals surface area contributed by atoms with Gasteiger partial charge in [0.05, 0.1) is 10.2 Å². The number of carboxylic acid groups (broad SMARTS) is 1. The summed E-state index contributed by atoms with van der Waals surface area (Å²) in [6.07, 6.45) is 0.0602. The Morgan fingerprint density at radius 2 is 2.27 bits per heavy atom. The van der Waals surface area contributed by atoms with Crippen molar-refractivity contribution in [2.24, 2.45) is 0 Å². The monoisotopic (exact) mass is 298 g/mol. The van der Waals surface area contributed by atoms with E-state index < -0.39 is 5.97 Å². The van der Waals surface area contributed by atoms with Crippen LogP contribution in [0.4, 0.5) is 0 Å². The number of hydrogen-bond donors (Lipinski definition) is 1. The maximum absolute atomic E-state index is 10.3. The van der Waals surface area contributed by atoms with Gasteiger partial charge in [0.2, 0.25) is 0 Å². The van der Waals surface area contributed by atoms with E-state index in [0.717, 1.165) is 13.8 Å². The third kappa shape index (κ3) is 2.28. The average Bonchev–Trinajstić information content (AvgIpc) is 2.18. The molecule has 0 aliphatic heterocycles. The molecular formula is C6H4Br2O2S. The summed E-state index contributed by atoms with van der Waals surface area (Å²) in [5.41, 5.74) is 0.808. The van der Waals surface area contributed by atoms with Gasteiger partial charge in [-0.15, -0.1) is 11.3 Å². The molecule has 0 radical (unpaired) electrons. The Balaban J connectivity index is 2.92. The lowest BCUT2D eigenvalue weighted by Gasteiger charge is -1.93. The van der Waals surface area contributed by atoms with E-state index >= 15 is 0 Å². The van der Waals surface area contributed by atoms with E-state index in [9.17, 15) is 4.79 Å². The molecule has 0 fully saturated rings. The summed E-state index contributed by atoms with van der Waals surface area (Å²) in [6, 6.07) is 0. The van der Waals surface area contributed by atoms with Crippen molar-refractivity contribution in [3.8, 4) is 0 Å². The molecule has 1 N–H and O–H groups in total. The van der Waals surface area contributed by atoms with Crippen molar-refractivity contribution in [3.63, 3.8) is 0 Å². The largest absolute Gasteiger partial charge is 0.481 e. The smallest absolute Gasteiger partial charge is 0.307 e. The van der Waals surface area contributed by atoms with Crippen LogP contribution in [0.1, 0.15) is 5.56 Å². The molecule has 0 aliphatic carbocycles. The highest BCUT2D eigenvalue weighted by atomic mass is 79.9. The first-order valence-electron chi connectivity index (χ1n) is 2.74. The van der Waals surface area contributed by atoms with Gasteiger partial charge in [0.15, 0.2) is 0 Å². The average molecular weight is 300 g/mol. The molecule has 0 saturated carbocycles.